The first-order chi connectivity index (χ1) is 11.8. The lowest BCUT2D eigenvalue weighted by Crippen LogP contribution is -2.26. The standard InChI is InChI=1S/C15H14Cl2N2O4S2/c16-12-6-5-11(9-13(12)17)10-24-8-7-18-25(22,23)15-4-2-1-3-14(15)19(20)21/h1-6,9,18H,7-8,10H2. The molecule has 2 aromatic carbocycles. The Labute approximate surface area is 159 Å². The van der Waals surface area contributed by atoms with Gasteiger partial charge in [-0.1, -0.05) is 41.4 Å². The summed E-state index contributed by atoms with van der Waals surface area (Å²) in [4.78, 5) is 9.89. The second kappa shape index (κ2) is 8.86. The molecule has 0 aromatic heterocycles. The summed E-state index contributed by atoms with van der Waals surface area (Å²) in [6.07, 6.45) is 0. The van der Waals surface area contributed by atoms with Crippen molar-refractivity contribution < 1.29 is 13.3 Å². The monoisotopic (exact) mass is 420 g/mol. The largest absolute Gasteiger partial charge is 0.289 e. The van der Waals surface area contributed by atoms with Crippen molar-refractivity contribution in [1.29, 1.82) is 0 Å². The lowest BCUT2D eigenvalue weighted by molar-refractivity contribution is -0.387. The minimum atomic E-state index is -3.94. The van der Waals surface area contributed by atoms with Crippen molar-refractivity contribution >= 4 is 50.7 Å². The minimum absolute atomic E-state index is 0.153. The van der Waals surface area contributed by atoms with Gasteiger partial charge in [0.1, 0.15) is 0 Å². The van der Waals surface area contributed by atoms with Crippen molar-refractivity contribution in [3.8, 4) is 0 Å². The van der Waals surface area contributed by atoms with Gasteiger partial charge in [0.15, 0.2) is 4.90 Å². The zero-order valence-electron chi connectivity index (χ0n) is 12.8. The number of nitro groups is 1. The lowest BCUT2D eigenvalue weighted by atomic mass is 10.2. The topological polar surface area (TPSA) is 89.3 Å². The van der Waals surface area contributed by atoms with E-state index in [0.29, 0.717) is 21.6 Å². The number of hydrogen-bond acceptors (Lipinski definition) is 5. The van der Waals surface area contributed by atoms with Gasteiger partial charge in [0.25, 0.3) is 5.69 Å². The van der Waals surface area contributed by atoms with Gasteiger partial charge in [0, 0.05) is 24.1 Å². The fraction of sp³-hybridized carbons (Fsp3) is 0.200. The first-order valence-electron chi connectivity index (χ1n) is 7.06. The highest BCUT2D eigenvalue weighted by Gasteiger charge is 2.24. The summed E-state index contributed by atoms with van der Waals surface area (Å²) in [5.41, 5.74) is 0.527. The lowest BCUT2D eigenvalue weighted by Gasteiger charge is -2.07. The van der Waals surface area contributed by atoms with Crippen molar-refractivity contribution in [1.82, 2.24) is 4.72 Å². The molecule has 0 unspecified atom stereocenters. The third kappa shape index (κ3) is 5.58. The molecular weight excluding hydrogens is 407 g/mol. The molecule has 0 saturated heterocycles. The maximum atomic E-state index is 12.2. The summed E-state index contributed by atoms with van der Waals surface area (Å²) in [6.45, 7) is 0.153. The van der Waals surface area contributed by atoms with Crippen molar-refractivity contribution in [2.24, 2.45) is 0 Å². The summed E-state index contributed by atoms with van der Waals surface area (Å²) >= 11 is 13.3. The van der Waals surface area contributed by atoms with E-state index in [-0.39, 0.29) is 11.4 Å². The Bertz CT molecular complexity index is 876. The highest BCUT2D eigenvalue weighted by molar-refractivity contribution is 7.98. The normalized spacial score (nSPS) is 11.4. The molecule has 0 aliphatic carbocycles. The number of rotatable bonds is 8. The third-order valence-corrected chi connectivity index (χ3v) is 6.42. The van der Waals surface area contributed by atoms with E-state index < -0.39 is 20.6 Å². The predicted octanol–water partition coefficient (Wildman–Crippen LogP) is 4.11. The van der Waals surface area contributed by atoms with E-state index in [1.54, 1.807) is 12.1 Å². The highest BCUT2D eigenvalue weighted by Crippen LogP contribution is 2.25. The zero-order chi connectivity index (χ0) is 18.4. The number of hydrogen-bond donors (Lipinski definition) is 1. The molecule has 2 aromatic rings. The SMILES string of the molecule is O=[N+]([O-])c1ccccc1S(=O)(=O)NCCSCc1ccc(Cl)c(Cl)c1. The Hall–Kier alpha value is -1.32. The fourth-order valence-electron chi connectivity index (χ4n) is 1.98. The Kier molecular flexibility index (Phi) is 7.09. The number of nitrogens with zero attached hydrogens (tertiary/aromatic N) is 1. The van der Waals surface area contributed by atoms with Crippen LogP contribution in [0.2, 0.25) is 10.0 Å². The summed E-state index contributed by atoms with van der Waals surface area (Å²) in [5, 5.41) is 11.9. The average molecular weight is 421 g/mol. The molecular formula is C15H14Cl2N2O4S2. The molecule has 0 fully saturated rings. The maximum Gasteiger partial charge on any atom is 0.289 e. The first-order valence-corrected chi connectivity index (χ1v) is 10.5. The van der Waals surface area contributed by atoms with E-state index in [0.717, 1.165) is 11.6 Å². The van der Waals surface area contributed by atoms with Crippen LogP contribution >= 0.6 is 35.0 Å². The molecule has 0 bridgehead atoms. The molecule has 6 nitrogen and oxygen atoms in total. The number of thioether (sulfide) groups is 1. The second-order valence-electron chi connectivity index (χ2n) is 4.92. The summed E-state index contributed by atoms with van der Waals surface area (Å²) in [5.74, 6) is 1.14. The fourth-order valence-corrected chi connectivity index (χ4v) is 4.44. The van der Waals surface area contributed by atoms with Crippen LogP contribution in [0.5, 0.6) is 0 Å². The van der Waals surface area contributed by atoms with Gasteiger partial charge in [-0.3, -0.25) is 10.1 Å². The molecule has 0 heterocycles. The van der Waals surface area contributed by atoms with Crippen LogP contribution in [0.25, 0.3) is 0 Å². The molecule has 0 spiro atoms. The van der Waals surface area contributed by atoms with Crippen LogP contribution in [0.4, 0.5) is 5.69 Å². The number of sulfonamides is 1. The van der Waals surface area contributed by atoms with Gasteiger partial charge in [-0.05, 0) is 23.8 Å². The van der Waals surface area contributed by atoms with E-state index in [2.05, 4.69) is 4.72 Å². The van der Waals surface area contributed by atoms with Gasteiger partial charge in [-0.2, -0.15) is 11.8 Å². The van der Waals surface area contributed by atoms with Gasteiger partial charge in [-0.25, -0.2) is 13.1 Å². The smallest absolute Gasteiger partial charge is 0.258 e. The van der Waals surface area contributed by atoms with Crippen molar-refractivity contribution in [2.75, 3.05) is 12.3 Å². The molecule has 2 rings (SSSR count). The van der Waals surface area contributed by atoms with Crippen molar-refractivity contribution in [3.63, 3.8) is 0 Å². The Morgan fingerprint density at radius 2 is 1.84 bits per heavy atom. The molecule has 1 N–H and O–H groups in total. The van der Waals surface area contributed by atoms with E-state index in [1.807, 2.05) is 6.07 Å². The van der Waals surface area contributed by atoms with E-state index >= 15 is 0 Å². The maximum absolute atomic E-state index is 12.2. The first kappa shape index (κ1) is 20.0. The molecule has 25 heavy (non-hydrogen) atoms. The van der Waals surface area contributed by atoms with Gasteiger partial charge >= 0.3 is 0 Å². The molecule has 0 atom stereocenters. The summed E-state index contributed by atoms with van der Waals surface area (Å²) in [6, 6.07) is 10.5. The highest BCUT2D eigenvalue weighted by atomic mass is 35.5. The summed E-state index contributed by atoms with van der Waals surface area (Å²) in [7, 11) is -3.94. The van der Waals surface area contributed by atoms with E-state index in [9.17, 15) is 18.5 Å². The van der Waals surface area contributed by atoms with Gasteiger partial charge in [-0.15, -0.1) is 0 Å². The molecule has 0 amide bonds. The second-order valence-corrected chi connectivity index (χ2v) is 8.58. The summed E-state index contributed by atoms with van der Waals surface area (Å²) < 4.78 is 26.8. The van der Waals surface area contributed by atoms with Crippen LogP contribution < -0.4 is 4.72 Å². The molecule has 0 saturated carbocycles. The van der Waals surface area contributed by atoms with Crippen LogP contribution in [-0.4, -0.2) is 25.6 Å². The minimum Gasteiger partial charge on any atom is -0.258 e. The molecule has 0 aliphatic heterocycles. The van der Waals surface area contributed by atoms with E-state index in [1.165, 1.54) is 30.0 Å². The van der Waals surface area contributed by atoms with Crippen LogP contribution in [0.1, 0.15) is 5.56 Å². The van der Waals surface area contributed by atoms with Crippen LogP contribution in [0.3, 0.4) is 0 Å². The van der Waals surface area contributed by atoms with Crippen LogP contribution in [-0.2, 0) is 15.8 Å². The Balaban J connectivity index is 1.88. The molecule has 10 heteroatoms. The number of para-hydroxylation sites is 1. The molecule has 134 valence electrons. The van der Waals surface area contributed by atoms with Gasteiger partial charge in [0.2, 0.25) is 10.0 Å². The van der Waals surface area contributed by atoms with Gasteiger partial charge in [0.05, 0.1) is 15.0 Å². The molecule has 0 radical (unpaired) electrons. The average Bonchev–Trinajstić information content (AvgIpc) is 2.57. The van der Waals surface area contributed by atoms with Crippen LogP contribution in [0.15, 0.2) is 47.4 Å². The number of nitro benzene ring substituents is 1. The quantitative estimate of drug-likeness (QED) is 0.394. The Morgan fingerprint density at radius 3 is 2.52 bits per heavy atom. The third-order valence-electron chi connectivity index (χ3n) is 3.14. The Morgan fingerprint density at radius 1 is 1.12 bits per heavy atom. The number of halogens is 2. The zero-order valence-corrected chi connectivity index (χ0v) is 16.0. The van der Waals surface area contributed by atoms with Gasteiger partial charge < -0.3 is 0 Å². The van der Waals surface area contributed by atoms with Crippen LogP contribution in [0, 0.1) is 10.1 Å². The molecule has 0 aliphatic rings. The van der Waals surface area contributed by atoms with Crippen molar-refractivity contribution in [3.05, 3.63) is 68.2 Å². The number of benzene rings is 2. The van der Waals surface area contributed by atoms with E-state index in [4.69, 9.17) is 23.2 Å². The number of nitrogens with one attached hydrogen (secondary N) is 1. The van der Waals surface area contributed by atoms with Crippen molar-refractivity contribution in [2.45, 2.75) is 10.6 Å². The predicted molar refractivity (Wildman–Crippen MR) is 101 cm³/mol.